The highest BCUT2D eigenvalue weighted by molar-refractivity contribution is 5.45. The largest absolute Gasteiger partial charge is 0.508 e. The average molecular weight is 603 g/mol. The molecule has 0 spiro atoms. The fourth-order valence-corrected chi connectivity index (χ4v) is 3.87. The van der Waals surface area contributed by atoms with Crippen LogP contribution < -0.4 is 0 Å². The third-order valence-corrected chi connectivity index (χ3v) is 6.64. The first-order valence-corrected chi connectivity index (χ1v) is 13.7. The Morgan fingerprint density at radius 3 is 1.71 bits per heavy atom. The van der Waals surface area contributed by atoms with Gasteiger partial charge >= 0.3 is 12.4 Å². The third kappa shape index (κ3) is 10.2. The van der Waals surface area contributed by atoms with Crippen LogP contribution in [0.4, 0.5) is 26.3 Å². The molecule has 2 rings (SSSR count). The van der Waals surface area contributed by atoms with Gasteiger partial charge in [0.1, 0.15) is 17.3 Å². The summed E-state index contributed by atoms with van der Waals surface area (Å²) in [5, 5.41) is 28.2. The van der Waals surface area contributed by atoms with Crippen LogP contribution in [0.15, 0.2) is 72.5 Å². The summed E-state index contributed by atoms with van der Waals surface area (Å²) in [6, 6.07) is 6.73. The molecule has 3 N–H and O–H groups in total. The number of benzene rings is 2. The summed E-state index contributed by atoms with van der Waals surface area (Å²) in [7, 11) is 0. The smallest absolute Gasteiger partial charge is 0.410 e. The number of hydrogen-bond donors (Lipinski definition) is 3. The predicted octanol–water partition coefficient (Wildman–Crippen LogP) is 10.8. The average Bonchev–Trinajstić information content (AvgIpc) is 2.88. The van der Waals surface area contributed by atoms with E-state index in [9.17, 15) is 36.6 Å². The van der Waals surface area contributed by atoms with E-state index in [1.54, 1.807) is 0 Å². The fraction of sp³-hybridized carbons (Fsp3) is 0.455. The standard InChI is InChI=1S/C16H14F6O2.C12H18O.C5H12/c1-3-12(23)7-4-10(2)14(15(17,18)19,16(20,21)22)11-5-8-13(24)9-6-11;1-5-10-6-9(4)7-11(8(2)3)12(10)13;1-4-5(2)3/h3-9,23-24H,1H2,2H3;6-8,13H,5H2,1-4H3;5H,4H2,1-3H3/b10-4+,12-7+;;. The van der Waals surface area contributed by atoms with Crippen molar-refractivity contribution in [2.45, 2.75) is 91.9 Å². The second-order valence-corrected chi connectivity index (χ2v) is 10.6. The first-order chi connectivity index (χ1) is 19.2. The number of phenolic OH excluding ortho intramolecular Hbond substituents is 2. The van der Waals surface area contributed by atoms with Crippen LogP contribution >= 0.6 is 0 Å². The zero-order chi connectivity index (χ0) is 33.1. The summed E-state index contributed by atoms with van der Waals surface area (Å²) in [4.78, 5) is 0. The van der Waals surface area contributed by atoms with E-state index in [1.165, 1.54) is 12.0 Å². The summed E-state index contributed by atoms with van der Waals surface area (Å²) >= 11 is 0. The van der Waals surface area contributed by atoms with Gasteiger partial charge in [-0.25, -0.2) is 0 Å². The van der Waals surface area contributed by atoms with Crippen LogP contribution in [0, 0.1) is 12.8 Å². The van der Waals surface area contributed by atoms with E-state index in [4.69, 9.17) is 5.11 Å². The summed E-state index contributed by atoms with van der Waals surface area (Å²) in [6.45, 7) is 18.8. The lowest BCUT2D eigenvalue weighted by Crippen LogP contribution is -2.54. The van der Waals surface area contributed by atoms with Gasteiger partial charge in [0.15, 0.2) is 0 Å². The molecule has 2 aromatic carbocycles. The van der Waals surface area contributed by atoms with Gasteiger partial charge in [0.25, 0.3) is 0 Å². The number of aliphatic hydroxyl groups excluding tert-OH is 1. The van der Waals surface area contributed by atoms with Crippen LogP contribution in [-0.2, 0) is 11.8 Å². The molecule has 0 aliphatic rings. The van der Waals surface area contributed by atoms with Gasteiger partial charge in [0.05, 0.1) is 0 Å². The fourth-order valence-electron chi connectivity index (χ4n) is 3.87. The highest BCUT2D eigenvalue weighted by Crippen LogP contribution is 2.56. The van der Waals surface area contributed by atoms with E-state index < -0.39 is 40.4 Å². The molecule has 0 aromatic heterocycles. The van der Waals surface area contributed by atoms with Crippen LogP contribution in [0.1, 0.15) is 83.1 Å². The molecule has 0 saturated carbocycles. The van der Waals surface area contributed by atoms with Crippen LogP contribution in [0.2, 0.25) is 0 Å². The van der Waals surface area contributed by atoms with Gasteiger partial charge in [-0.15, -0.1) is 0 Å². The quantitative estimate of drug-likeness (QED) is 0.168. The lowest BCUT2D eigenvalue weighted by molar-refractivity contribution is -0.289. The van der Waals surface area contributed by atoms with Crippen molar-refractivity contribution in [3.63, 3.8) is 0 Å². The van der Waals surface area contributed by atoms with Gasteiger partial charge in [0, 0.05) is 0 Å². The van der Waals surface area contributed by atoms with E-state index in [-0.39, 0.29) is 0 Å². The molecule has 0 heterocycles. The minimum Gasteiger partial charge on any atom is -0.508 e. The molecule has 9 heteroatoms. The number of alkyl halides is 6. The molecule has 0 amide bonds. The first kappa shape index (κ1) is 38.6. The Morgan fingerprint density at radius 1 is 0.881 bits per heavy atom. The number of aromatic hydroxyl groups is 2. The summed E-state index contributed by atoms with van der Waals surface area (Å²) < 4.78 is 81.5. The van der Waals surface area contributed by atoms with E-state index >= 15 is 0 Å². The van der Waals surface area contributed by atoms with Crippen LogP contribution in [-0.4, -0.2) is 27.7 Å². The number of halogens is 6. The summed E-state index contributed by atoms with van der Waals surface area (Å²) in [6.07, 6.45) is -7.12. The first-order valence-electron chi connectivity index (χ1n) is 13.7. The van der Waals surface area contributed by atoms with Crippen molar-refractivity contribution >= 4 is 0 Å². The van der Waals surface area contributed by atoms with Gasteiger partial charge in [-0.05, 0) is 78.7 Å². The molecule has 0 aliphatic heterocycles. The number of allylic oxidation sites excluding steroid dienone is 4. The molecule has 0 radical (unpaired) electrons. The number of aryl methyl sites for hydroxylation is 2. The molecule has 2 aromatic rings. The molecule has 42 heavy (non-hydrogen) atoms. The molecule has 0 bridgehead atoms. The van der Waals surface area contributed by atoms with Gasteiger partial charge < -0.3 is 15.3 Å². The van der Waals surface area contributed by atoms with E-state index in [0.717, 1.165) is 41.7 Å². The molecule has 0 saturated heterocycles. The maximum atomic E-state index is 13.6. The summed E-state index contributed by atoms with van der Waals surface area (Å²) in [5.74, 6) is 0.712. The van der Waals surface area contributed by atoms with Crippen LogP contribution in [0.5, 0.6) is 11.5 Å². The van der Waals surface area contributed by atoms with Crippen LogP contribution in [0.3, 0.4) is 0 Å². The van der Waals surface area contributed by atoms with Crippen molar-refractivity contribution in [2.24, 2.45) is 5.92 Å². The van der Waals surface area contributed by atoms with Gasteiger partial charge in [-0.1, -0.05) is 90.4 Å². The molecule has 0 fully saturated rings. The third-order valence-electron chi connectivity index (χ3n) is 6.64. The zero-order valence-electron chi connectivity index (χ0n) is 25.6. The highest BCUT2D eigenvalue weighted by Gasteiger charge is 2.72. The van der Waals surface area contributed by atoms with Gasteiger partial charge in [-0.3, -0.25) is 0 Å². The molecule has 0 aliphatic carbocycles. The topological polar surface area (TPSA) is 60.7 Å². The number of aliphatic hydroxyl groups is 1. The van der Waals surface area contributed by atoms with Crippen molar-refractivity contribution in [2.75, 3.05) is 0 Å². The molecular weight excluding hydrogens is 558 g/mol. The van der Waals surface area contributed by atoms with Crippen molar-refractivity contribution in [1.82, 2.24) is 0 Å². The van der Waals surface area contributed by atoms with E-state index in [0.29, 0.717) is 42.9 Å². The van der Waals surface area contributed by atoms with Gasteiger partial charge in [0.2, 0.25) is 5.41 Å². The Labute approximate surface area is 245 Å². The number of phenols is 2. The lowest BCUT2D eigenvalue weighted by Gasteiger charge is -2.38. The second-order valence-electron chi connectivity index (χ2n) is 10.6. The Balaban J connectivity index is 0.000000775. The SMILES string of the molecule is C=C/C(O)=C\C=C(/C)C(c1ccc(O)cc1)(C(F)(F)F)C(F)(F)F.CCC(C)C.CCc1cc(C)cc(C(C)C)c1O. The predicted molar refractivity (Wildman–Crippen MR) is 158 cm³/mol. The van der Waals surface area contributed by atoms with Crippen molar-refractivity contribution in [3.05, 3.63) is 94.8 Å². The van der Waals surface area contributed by atoms with Crippen molar-refractivity contribution in [1.29, 1.82) is 0 Å². The minimum atomic E-state index is -5.71. The molecule has 0 atom stereocenters. The normalized spacial score (nSPS) is 12.9. The molecule has 3 nitrogen and oxygen atoms in total. The number of hydrogen-bond acceptors (Lipinski definition) is 3. The minimum absolute atomic E-state index is 0.394. The van der Waals surface area contributed by atoms with Crippen LogP contribution in [0.25, 0.3) is 0 Å². The van der Waals surface area contributed by atoms with Crippen molar-refractivity contribution in [3.8, 4) is 11.5 Å². The molecule has 236 valence electrons. The summed E-state index contributed by atoms with van der Waals surface area (Å²) in [5.41, 5.74) is -3.12. The Morgan fingerprint density at radius 2 is 1.36 bits per heavy atom. The highest BCUT2D eigenvalue weighted by atomic mass is 19.4. The number of rotatable bonds is 7. The van der Waals surface area contributed by atoms with E-state index in [1.807, 2.05) is 0 Å². The second kappa shape index (κ2) is 16.3. The maximum absolute atomic E-state index is 13.6. The van der Waals surface area contributed by atoms with Crippen molar-refractivity contribution < 1.29 is 41.7 Å². The van der Waals surface area contributed by atoms with Gasteiger partial charge in [-0.2, -0.15) is 26.3 Å². The molecule has 0 unspecified atom stereocenters. The Bertz CT molecular complexity index is 1170. The lowest BCUT2D eigenvalue weighted by atomic mass is 9.72. The maximum Gasteiger partial charge on any atom is 0.410 e. The molecular formula is C33H44F6O3. The van der Waals surface area contributed by atoms with E-state index in [2.05, 4.69) is 67.2 Å². The monoisotopic (exact) mass is 602 g/mol. The Hall–Kier alpha value is -3.36. The Kier molecular flexibility index (Phi) is 15.0. The zero-order valence-corrected chi connectivity index (χ0v) is 25.6.